The zero-order chi connectivity index (χ0) is 18.8. The molecule has 0 spiro atoms. The fourth-order valence-corrected chi connectivity index (χ4v) is 3.30. The molecule has 1 atom stereocenters. The maximum absolute atomic E-state index is 12.9. The van der Waals surface area contributed by atoms with Crippen molar-refractivity contribution in [2.75, 3.05) is 20.2 Å². The molecule has 4 rings (SSSR count). The van der Waals surface area contributed by atoms with E-state index in [1.54, 1.807) is 30.3 Å². The summed E-state index contributed by atoms with van der Waals surface area (Å²) < 4.78 is 16.9. The van der Waals surface area contributed by atoms with Crippen molar-refractivity contribution in [3.05, 3.63) is 48.1 Å². The molecule has 7 nitrogen and oxygen atoms in total. The molecule has 1 amide bonds. The molecule has 0 radical (unpaired) electrons. The number of hydrogen-bond acceptors (Lipinski definition) is 6. The molecule has 1 aromatic carbocycles. The highest BCUT2D eigenvalue weighted by Gasteiger charge is 2.28. The highest BCUT2D eigenvalue weighted by atomic mass is 16.5. The van der Waals surface area contributed by atoms with E-state index in [2.05, 4.69) is 9.97 Å². The van der Waals surface area contributed by atoms with E-state index in [1.807, 2.05) is 25.1 Å². The molecular formula is C20H21N3O4. The van der Waals surface area contributed by atoms with E-state index >= 15 is 0 Å². The Hall–Kier alpha value is -3.09. The van der Waals surface area contributed by atoms with Crippen LogP contribution in [0.1, 0.15) is 29.2 Å². The number of hydrogen-bond donors (Lipinski definition) is 0. The van der Waals surface area contributed by atoms with Crippen LogP contribution in [0.15, 0.2) is 40.9 Å². The summed E-state index contributed by atoms with van der Waals surface area (Å²) in [6.07, 6.45) is 3.33. The Morgan fingerprint density at radius 3 is 3.00 bits per heavy atom. The van der Waals surface area contributed by atoms with E-state index in [1.165, 1.54) is 0 Å². The van der Waals surface area contributed by atoms with Crippen LogP contribution in [0.2, 0.25) is 0 Å². The molecule has 0 aliphatic carbocycles. The van der Waals surface area contributed by atoms with E-state index in [-0.39, 0.29) is 12.0 Å². The minimum atomic E-state index is -0.127. The molecule has 0 unspecified atom stereocenters. The van der Waals surface area contributed by atoms with E-state index in [0.717, 1.165) is 24.0 Å². The van der Waals surface area contributed by atoms with Crippen molar-refractivity contribution in [2.24, 2.45) is 0 Å². The lowest BCUT2D eigenvalue weighted by molar-refractivity contribution is 0.0502. The Morgan fingerprint density at radius 1 is 1.30 bits per heavy atom. The molecular weight excluding hydrogens is 346 g/mol. The smallest absolute Gasteiger partial charge is 0.289 e. The van der Waals surface area contributed by atoms with Gasteiger partial charge in [-0.15, -0.1) is 0 Å². The highest BCUT2D eigenvalue weighted by Crippen LogP contribution is 2.26. The van der Waals surface area contributed by atoms with Crippen LogP contribution in [-0.4, -0.2) is 47.1 Å². The number of piperidine rings is 1. The molecule has 2 aromatic heterocycles. The molecule has 1 saturated heterocycles. The zero-order valence-electron chi connectivity index (χ0n) is 15.3. The van der Waals surface area contributed by atoms with E-state index < -0.39 is 0 Å². The summed E-state index contributed by atoms with van der Waals surface area (Å²) in [5.74, 6) is 2.13. The molecule has 1 aliphatic rings. The number of aromatic nitrogens is 2. The fraction of sp³-hybridized carbons (Fsp3) is 0.350. The summed E-state index contributed by atoms with van der Waals surface area (Å²) in [6, 6.07) is 8.98. The predicted molar refractivity (Wildman–Crippen MR) is 99.1 cm³/mol. The van der Waals surface area contributed by atoms with Crippen LogP contribution in [0.5, 0.6) is 11.6 Å². The van der Waals surface area contributed by atoms with Crippen molar-refractivity contribution in [3.63, 3.8) is 0 Å². The zero-order valence-corrected chi connectivity index (χ0v) is 15.3. The summed E-state index contributed by atoms with van der Waals surface area (Å²) in [5.41, 5.74) is 0.667. The van der Waals surface area contributed by atoms with Gasteiger partial charge in [0.25, 0.3) is 5.91 Å². The van der Waals surface area contributed by atoms with Crippen molar-refractivity contribution in [1.29, 1.82) is 0 Å². The number of amides is 1. The minimum absolute atomic E-state index is 0.0959. The number of aryl methyl sites for hydroxylation is 1. The molecule has 0 bridgehead atoms. The lowest BCUT2D eigenvalue weighted by Gasteiger charge is -2.32. The topological polar surface area (TPSA) is 77.7 Å². The number of fused-ring (bicyclic) bond motifs is 1. The Morgan fingerprint density at radius 2 is 2.19 bits per heavy atom. The minimum Gasteiger partial charge on any atom is -0.497 e. The quantitative estimate of drug-likeness (QED) is 0.705. The van der Waals surface area contributed by atoms with Crippen LogP contribution >= 0.6 is 0 Å². The number of methoxy groups -OCH3 is 1. The summed E-state index contributed by atoms with van der Waals surface area (Å²) >= 11 is 0. The van der Waals surface area contributed by atoms with Gasteiger partial charge in [0.2, 0.25) is 5.88 Å². The first-order chi connectivity index (χ1) is 13.1. The third-order valence-corrected chi connectivity index (χ3v) is 4.64. The number of carbonyl (C=O) groups is 1. The van der Waals surface area contributed by atoms with Crippen molar-refractivity contribution in [1.82, 2.24) is 14.9 Å². The SMILES string of the molecule is COc1ccc2oc(C(=O)N3CCC[C@H](Oc4ccnc(C)n4)C3)cc2c1. The number of benzene rings is 1. The first kappa shape index (κ1) is 17.3. The van der Waals surface area contributed by atoms with Crippen LogP contribution in [0.3, 0.4) is 0 Å². The fourth-order valence-electron chi connectivity index (χ4n) is 3.30. The molecule has 3 heterocycles. The average molecular weight is 367 g/mol. The Labute approximate surface area is 156 Å². The van der Waals surface area contributed by atoms with Gasteiger partial charge >= 0.3 is 0 Å². The Kier molecular flexibility index (Phi) is 4.66. The molecule has 1 aliphatic heterocycles. The molecule has 1 fully saturated rings. The van der Waals surface area contributed by atoms with Gasteiger partial charge in [0.15, 0.2) is 5.76 Å². The summed E-state index contributed by atoms with van der Waals surface area (Å²) in [4.78, 5) is 23.0. The lowest BCUT2D eigenvalue weighted by Crippen LogP contribution is -2.44. The van der Waals surface area contributed by atoms with E-state index in [4.69, 9.17) is 13.9 Å². The van der Waals surface area contributed by atoms with Gasteiger partial charge in [-0.05, 0) is 44.0 Å². The average Bonchev–Trinajstić information content (AvgIpc) is 3.10. The molecule has 0 saturated carbocycles. The van der Waals surface area contributed by atoms with Gasteiger partial charge in [-0.2, -0.15) is 4.98 Å². The Balaban J connectivity index is 1.48. The summed E-state index contributed by atoms with van der Waals surface area (Å²) in [5, 5.41) is 0.846. The standard InChI is InChI=1S/C20H21N3O4/c1-13-21-8-7-19(22-13)26-16-4-3-9-23(12-16)20(24)18-11-14-10-15(25-2)5-6-17(14)27-18/h5-8,10-11,16H,3-4,9,12H2,1-2H3/t16-/m0/s1. The molecule has 7 heteroatoms. The maximum atomic E-state index is 12.9. The maximum Gasteiger partial charge on any atom is 0.289 e. The molecule has 27 heavy (non-hydrogen) atoms. The Bertz CT molecular complexity index is 969. The van der Waals surface area contributed by atoms with Crippen LogP contribution in [-0.2, 0) is 0 Å². The lowest BCUT2D eigenvalue weighted by atomic mass is 10.1. The largest absolute Gasteiger partial charge is 0.497 e. The molecule has 3 aromatic rings. The second-order valence-corrected chi connectivity index (χ2v) is 6.59. The van der Waals surface area contributed by atoms with Gasteiger partial charge in [-0.25, -0.2) is 4.98 Å². The van der Waals surface area contributed by atoms with Gasteiger partial charge in [-0.1, -0.05) is 0 Å². The first-order valence-electron chi connectivity index (χ1n) is 8.95. The third-order valence-electron chi connectivity index (χ3n) is 4.64. The van der Waals surface area contributed by atoms with E-state index in [0.29, 0.717) is 36.1 Å². The van der Waals surface area contributed by atoms with Crippen LogP contribution in [0.4, 0.5) is 0 Å². The number of ether oxygens (including phenoxy) is 2. The molecule has 0 N–H and O–H groups in total. The summed E-state index contributed by atoms with van der Waals surface area (Å²) in [7, 11) is 1.61. The van der Waals surface area contributed by atoms with Crippen molar-refractivity contribution in [2.45, 2.75) is 25.9 Å². The predicted octanol–water partition coefficient (Wildman–Crippen LogP) is 3.22. The number of nitrogens with zero attached hydrogens (tertiary/aromatic N) is 3. The summed E-state index contributed by atoms with van der Waals surface area (Å²) in [6.45, 7) is 3.00. The van der Waals surface area contributed by atoms with Gasteiger partial charge in [0.1, 0.15) is 23.3 Å². The van der Waals surface area contributed by atoms with Gasteiger partial charge in [0, 0.05) is 24.2 Å². The van der Waals surface area contributed by atoms with Crippen molar-refractivity contribution in [3.8, 4) is 11.6 Å². The normalized spacial score (nSPS) is 17.1. The number of rotatable bonds is 4. The van der Waals surface area contributed by atoms with E-state index in [9.17, 15) is 4.79 Å². The monoisotopic (exact) mass is 367 g/mol. The van der Waals surface area contributed by atoms with Gasteiger partial charge in [0.05, 0.1) is 13.7 Å². The van der Waals surface area contributed by atoms with Gasteiger partial charge in [-0.3, -0.25) is 4.79 Å². The second-order valence-electron chi connectivity index (χ2n) is 6.59. The molecule has 140 valence electrons. The van der Waals surface area contributed by atoms with Crippen LogP contribution in [0.25, 0.3) is 11.0 Å². The third kappa shape index (κ3) is 3.72. The van der Waals surface area contributed by atoms with Crippen LogP contribution < -0.4 is 9.47 Å². The first-order valence-corrected chi connectivity index (χ1v) is 8.95. The van der Waals surface area contributed by atoms with Gasteiger partial charge < -0.3 is 18.8 Å². The number of likely N-dealkylation sites (tertiary alicyclic amines) is 1. The highest BCUT2D eigenvalue weighted by molar-refractivity contribution is 5.96. The number of carbonyl (C=O) groups excluding carboxylic acids is 1. The van der Waals surface area contributed by atoms with Crippen molar-refractivity contribution < 1.29 is 18.7 Å². The number of furan rings is 1. The second kappa shape index (κ2) is 7.26. The van der Waals surface area contributed by atoms with Crippen LogP contribution in [0, 0.1) is 6.92 Å². The van der Waals surface area contributed by atoms with Crippen molar-refractivity contribution >= 4 is 16.9 Å².